The number of aliphatic carboxylic acids is 1. The summed E-state index contributed by atoms with van der Waals surface area (Å²) in [5.41, 5.74) is 5.24. The summed E-state index contributed by atoms with van der Waals surface area (Å²) in [6.45, 7) is 0.720. The van der Waals surface area contributed by atoms with Gasteiger partial charge in [0.1, 0.15) is 12.6 Å². The average Bonchev–Trinajstić information content (AvgIpc) is 2.10. The van der Waals surface area contributed by atoms with E-state index in [0.29, 0.717) is 24.6 Å². The molecule has 0 amide bonds. The van der Waals surface area contributed by atoms with E-state index in [1.807, 2.05) is 0 Å². The Labute approximate surface area is 83.8 Å². The molecule has 0 rings (SSSR count). The van der Waals surface area contributed by atoms with Gasteiger partial charge in [-0.2, -0.15) is 0 Å². The molecule has 0 aliphatic carbocycles. The number of rotatable bonds is 8. The van der Waals surface area contributed by atoms with Crippen molar-refractivity contribution in [1.29, 1.82) is 0 Å². The summed E-state index contributed by atoms with van der Waals surface area (Å²) in [7, 11) is 2.78. The van der Waals surface area contributed by atoms with Gasteiger partial charge >= 0.3 is 5.97 Å². The molecule has 0 aliphatic rings. The fourth-order valence-electron chi connectivity index (χ4n) is 0.382. The second-order valence-corrected chi connectivity index (χ2v) is 4.65. The Bertz CT molecular complexity index is 167. The largest absolute Gasteiger partial charge is 0.480 e. The topological polar surface area (TPSA) is 89.6 Å². The summed E-state index contributed by atoms with van der Waals surface area (Å²) >= 11 is 0. The zero-order valence-electron chi connectivity index (χ0n) is 6.84. The third kappa shape index (κ3) is 7.94. The van der Waals surface area contributed by atoms with Crippen molar-refractivity contribution in [3.8, 4) is 0 Å². The van der Waals surface area contributed by atoms with Crippen LogP contribution in [0.1, 0.15) is 0 Å². The summed E-state index contributed by atoms with van der Waals surface area (Å²) in [4.78, 5) is 19.9. The lowest BCUT2D eigenvalue weighted by atomic mass is 10.4. The quantitative estimate of drug-likeness (QED) is 0.340. The summed E-state index contributed by atoms with van der Waals surface area (Å²) < 4.78 is 4.43. The Kier molecular flexibility index (Phi) is 7.96. The Morgan fingerprint density at radius 1 is 1.62 bits per heavy atom. The van der Waals surface area contributed by atoms with E-state index in [4.69, 9.17) is 10.8 Å². The second kappa shape index (κ2) is 8.21. The van der Waals surface area contributed by atoms with Crippen molar-refractivity contribution in [3.05, 3.63) is 0 Å². The number of carboxylic acids is 1. The predicted molar refractivity (Wildman–Crippen MR) is 52.5 cm³/mol. The number of hydrogen-bond acceptors (Lipinski definition) is 6. The first-order chi connectivity index (χ1) is 6.18. The third-order valence-corrected chi connectivity index (χ3v) is 3.40. The van der Waals surface area contributed by atoms with Crippen LogP contribution in [0.3, 0.4) is 0 Å². The molecule has 0 aromatic carbocycles. The van der Waals surface area contributed by atoms with Gasteiger partial charge in [0.15, 0.2) is 0 Å². The van der Waals surface area contributed by atoms with Crippen molar-refractivity contribution in [2.75, 3.05) is 18.1 Å². The third-order valence-electron chi connectivity index (χ3n) is 1.00. The maximum absolute atomic E-state index is 10.2. The Morgan fingerprint density at radius 3 is 2.85 bits per heavy atom. The molecule has 3 N–H and O–H groups in total. The van der Waals surface area contributed by atoms with Gasteiger partial charge in [-0.05, 0) is 0 Å². The van der Waals surface area contributed by atoms with Crippen LogP contribution in [0.2, 0.25) is 0 Å². The molecular formula is C6H11NO4S2. The molecule has 0 radical (unpaired) electrons. The van der Waals surface area contributed by atoms with Crippen molar-refractivity contribution in [2.24, 2.45) is 5.73 Å². The molecule has 5 nitrogen and oxygen atoms in total. The lowest BCUT2D eigenvalue weighted by Crippen LogP contribution is -2.32. The minimum absolute atomic E-state index is 0.337. The van der Waals surface area contributed by atoms with Crippen molar-refractivity contribution in [2.45, 2.75) is 6.04 Å². The first kappa shape index (κ1) is 12.6. The van der Waals surface area contributed by atoms with Gasteiger partial charge in [0, 0.05) is 11.5 Å². The molecule has 0 aromatic rings. The molecule has 0 saturated carbocycles. The fraction of sp³-hybridized carbons (Fsp3) is 0.667. The van der Waals surface area contributed by atoms with Crippen LogP contribution in [0.25, 0.3) is 0 Å². The molecule has 0 aliphatic heterocycles. The molecule has 0 fully saturated rings. The molecule has 0 heterocycles. The maximum atomic E-state index is 10.2. The minimum atomic E-state index is -1.00. The van der Waals surface area contributed by atoms with E-state index in [0.717, 1.165) is 0 Å². The standard InChI is InChI=1S/C6H11NO4S2/c7-5(6(9)10)3-13-12-2-1-11-4-8/h4-5H,1-3,7H2,(H,9,10). The number of carbonyl (C=O) groups excluding carboxylic acids is 1. The lowest BCUT2D eigenvalue weighted by Gasteiger charge is -2.04. The first-order valence-corrected chi connectivity index (χ1v) is 5.95. The van der Waals surface area contributed by atoms with Gasteiger partial charge in [-0.25, -0.2) is 0 Å². The number of carboxylic acid groups (broad SMARTS) is 1. The average molecular weight is 225 g/mol. The van der Waals surface area contributed by atoms with Gasteiger partial charge in [0.05, 0.1) is 0 Å². The van der Waals surface area contributed by atoms with Crippen molar-refractivity contribution in [3.63, 3.8) is 0 Å². The molecule has 1 unspecified atom stereocenters. The Hall–Kier alpha value is -0.400. The van der Waals surface area contributed by atoms with Crippen molar-refractivity contribution in [1.82, 2.24) is 0 Å². The molecule has 0 spiro atoms. The van der Waals surface area contributed by atoms with Crippen LogP contribution in [0, 0.1) is 0 Å². The molecule has 0 bridgehead atoms. The fourth-order valence-corrected chi connectivity index (χ4v) is 2.34. The van der Waals surface area contributed by atoms with Gasteiger partial charge in [-0.3, -0.25) is 9.59 Å². The molecule has 13 heavy (non-hydrogen) atoms. The summed E-state index contributed by atoms with van der Waals surface area (Å²) in [6.07, 6.45) is 0. The van der Waals surface area contributed by atoms with E-state index < -0.39 is 12.0 Å². The van der Waals surface area contributed by atoms with Gasteiger partial charge < -0.3 is 15.6 Å². The van der Waals surface area contributed by atoms with Crippen LogP contribution >= 0.6 is 21.6 Å². The number of nitrogens with two attached hydrogens (primary N) is 1. The summed E-state index contributed by atoms with van der Waals surface area (Å²) in [6, 6.07) is -0.829. The van der Waals surface area contributed by atoms with E-state index in [1.165, 1.54) is 21.6 Å². The molecule has 76 valence electrons. The first-order valence-electron chi connectivity index (χ1n) is 3.46. The molecular weight excluding hydrogens is 214 g/mol. The van der Waals surface area contributed by atoms with Gasteiger partial charge in [-0.1, -0.05) is 21.6 Å². The zero-order chi connectivity index (χ0) is 10.1. The number of ether oxygens (including phenoxy) is 1. The smallest absolute Gasteiger partial charge is 0.321 e. The van der Waals surface area contributed by atoms with Crippen LogP contribution in [0.5, 0.6) is 0 Å². The van der Waals surface area contributed by atoms with E-state index in [2.05, 4.69) is 4.74 Å². The molecule has 0 aromatic heterocycles. The van der Waals surface area contributed by atoms with E-state index in [-0.39, 0.29) is 0 Å². The monoisotopic (exact) mass is 225 g/mol. The Balaban J connectivity index is 3.15. The zero-order valence-corrected chi connectivity index (χ0v) is 8.47. The molecule has 1 atom stereocenters. The maximum Gasteiger partial charge on any atom is 0.321 e. The predicted octanol–water partition coefficient (Wildman–Crippen LogP) is -0.0473. The van der Waals surface area contributed by atoms with Crippen LogP contribution in [-0.2, 0) is 14.3 Å². The Morgan fingerprint density at radius 2 is 2.31 bits per heavy atom. The highest BCUT2D eigenvalue weighted by Crippen LogP contribution is 2.20. The lowest BCUT2D eigenvalue weighted by molar-refractivity contribution is -0.138. The molecule has 7 heteroatoms. The minimum Gasteiger partial charge on any atom is -0.480 e. The normalized spacial score (nSPS) is 12.1. The van der Waals surface area contributed by atoms with Gasteiger partial charge in [-0.15, -0.1) is 0 Å². The van der Waals surface area contributed by atoms with Gasteiger partial charge in [0.25, 0.3) is 6.47 Å². The van der Waals surface area contributed by atoms with E-state index in [1.54, 1.807) is 0 Å². The van der Waals surface area contributed by atoms with Crippen LogP contribution in [0.4, 0.5) is 0 Å². The van der Waals surface area contributed by atoms with Crippen LogP contribution in [0.15, 0.2) is 0 Å². The SMILES string of the molecule is NC(CSSCCOC=O)C(=O)O. The van der Waals surface area contributed by atoms with Crippen LogP contribution in [-0.4, -0.2) is 41.7 Å². The summed E-state index contributed by atoms with van der Waals surface area (Å²) in [5.74, 6) is -0.0196. The molecule has 0 saturated heterocycles. The highest BCUT2D eigenvalue weighted by molar-refractivity contribution is 8.76. The van der Waals surface area contributed by atoms with Crippen molar-refractivity contribution >= 4 is 34.0 Å². The van der Waals surface area contributed by atoms with Gasteiger partial charge in [0.2, 0.25) is 0 Å². The highest BCUT2D eigenvalue weighted by atomic mass is 33.1. The summed E-state index contributed by atoms with van der Waals surface area (Å²) in [5, 5.41) is 8.40. The van der Waals surface area contributed by atoms with Crippen LogP contribution < -0.4 is 5.73 Å². The number of carbonyl (C=O) groups is 2. The highest BCUT2D eigenvalue weighted by Gasteiger charge is 2.10. The second-order valence-electron chi connectivity index (χ2n) is 2.02. The van der Waals surface area contributed by atoms with Crippen molar-refractivity contribution < 1.29 is 19.4 Å². The van der Waals surface area contributed by atoms with E-state index >= 15 is 0 Å². The number of hydrogen-bond donors (Lipinski definition) is 2. The van der Waals surface area contributed by atoms with E-state index in [9.17, 15) is 9.59 Å².